The molecule has 0 radical (unpaired) electrons. The molecule has 5 rings (SSSR count). The third-order valence-corrected chi connectivity index (χ3v) is 7.20. The van der Waals surface area contributed by atoms with E-state index < -0.39 is 23.8 Å². The molecule has 3 fully saturated rings. The molecule has 1 aromatic rings. The summed E-state index contributed by atoms with van der Waals surface area (Å²) in [5.41, 5.74) is 2.02. The molecular formula is C22H26N4O4. The van der Waals surface area contributed by atoms with Gasteiger partial charge < -0.3 is 5.32 Å². The van der Waals surface area contributed by atoms with Gasteiger partial charge in [0, 0.05) is 19.5 Å². The van der Waals surface area contributed by atoms with Crippen LogP contribution in [0.4, 0.5) is 0 Å². The van der Waals surface area contributed by atoms with Crippen molar-refractivity contribution >= 4 is 23.6 Å². The van der Waals surface area contributed by atoms with E-state index in [0.29, 0.717) is 23.1 Å². The van der Waals surface area contributed by atoms with E-state index in [0.717, 1.165) is 49.5 Å². The summed E-state index contributed by atoms with van der Waals surface area (Å²) < 4.78 is 0. The lowest BCUT2D eigenvalue weighted by atomic mass is 9.78. The Morgan fingerprint density at radius 2 is 1.83 bits per heavy atom. The van der Waals surface area contributed by atoms with E-state index in [4.69, 9.17) is 0 Å². The largest absolute Gasteiger partial charge is 0.316 e. The quantitative estimate of drug-likeness (QED) is 0.711. The fourth-order valence-corrected chi connectivity index (χ4v) is 5.37. The molecule has 158 valence electrons. The van der Waals surface area contributed by atoms with Crippen LogP contribution >= 0.6 is 0 Å². The summed E-state index contributed by atoms with van der Waals surface area (Å²) >= 11 is 0. The Morgan fingerprint density at radius 3 is 2.53 bits per heavy atom. The van der Waals surface area contributed by atoms with E-state index in [-0.39, 0.29) is 18.7 Å². The first kappa shape index (κ1) is 19.4. The van der Waals surface area contributed by atoms with Crippen molar-refractivity contribution < 1.29 is 19.2 Å². The first-order chi connectivity index (χ1) is 14.5. The van der Waals surface area contributed by atoms with Gasteiger partial charge in [0.15, 0.2) is 0 Å². The van der Waals surface area contributed by atoms with Gasteiger partial charge in [0.05, 0.1) is 11.1 Å². The Bertz CT molecular complexity index is 927. The molecule has 0 saturated carbocycles. The topological polar surface area (TPSA) is 98.8 Å². The molecule has 3 saturated heterocycles. The lowest BCUT2D eigenvalue weighted by Gasteiger charge is -2.39. The highest BCUT2D eigenvalue weighted by atomic mass is 16.2. The lowest BCUT2D eigenvalue weighted by molar-refractivity contribution is -0.136. The van der Waals surface area contributed by atoms with Crippen molar-refractivity contribution in [3.8, 4) is 0 Å². The molecule has 1 aromatic carbocycles. The first-order valence-electron chi connectivity index (χ1n) is 10.7. The monoisotopic (exact) mass is 410 g/mol. The van der Waals surface area contributed by atoms with Gasteiger partial charge in [-0.25, -0.2) is 0 Å². The molecule has 4 aliphatic rings. The standard InChI is InChI=1S/C22H26N4O4/c27-17-5-4-16(19(28)24-17)26-20(29)15-3-1-2-14(18(15)21(26)30)12-25-10-7-22(8-11-25)6-9-23-13-22/h1-3,16,23H,4-13H2,(H,24,27,28). The summed E-state index contributed by atoms with van der Waals surface area (Å²) in [6.07, 6.45) is 3.82. The lowest BCUT2D eigenvalue weighted by Crippen LogP contribution is -2.54. The van der Waals surface area contributed by atoms with Crippen LogP contribution in [0, 0.1) is 5.41 Å². The second-order valence-corrected chi connectivity index (χ2v) is 8.99. The minimum Gasteiger partial charge on any atom is -0.316 e. The number of likely N-dealkylation sites (tertiary alicyclic amines) is 1. The smallest absolute Gasteiger partial charge is 0.262 e. The number of carbonyl (C=O) groups is 4. The van der Waals surface area contributed by atoms with Gasteiger partial charge in [-0.15, -0.1) is 0 Å². The second-order valence-electron chi connectivity index (χ2n) is 8.99. The predicted octanol–water partition coefficient (Wildman–Crippen LogP) is 0.663. The van der Waals surface area contributed by atoms with Crippen LogP contribution < -0.4 is 10.6 Å². The van der Waals surface area contributed by atoms with Crippen LogP contribution in [0.15, 0.2) is 18.2 Å². The maximum absolute atomic E-state index is 13.2. The Kier molecular flexibility index (Phi) is 4.71. The number of benzene rings is 1. The molecule has 0 aromatic heterocycles. The first-order valence-corrected chi connectivity index (χ1v) is 10.7. The van der Waals surface area contributed by atoms with Crippen molar-refractivity contribution in [2.24, 2.45) is 5.41 Å². The zero-order chi connectivity index (χ0) is 20.9. The number of rotatable bonds is 3. The maximum atomic E-state index is 13.2. The third-order valence-electron chi connectivity index (χ3n) is 7.20. The summed E-state index contributed by atoms with van der Waals surface area (Å²) in [6, 6.07) is 4.44. The van der Waals surface area contributed by atoms with E-state index >= 15 is 0 Å². The molecule has 4 aliphatic heterocycles. The van der Waals surface area contributed by atoms with Gasteiger partial charge in [0.1, 0.15) is 6.04 Å². The van der Waals surface area contributed by atoms with E-state index in [9.17, 15) is 19.2 Å². The molecule has 4 amide bonds. The highest BCUT2D eigenvalue weighted by Gasteiger charge is 2.45. The molecule has 8 heteroatoms. The summed E-state index contributed by atoms with van der Waals surface area (Å²) in [6.45, 7) is 4.76. The Morgan fingerprint density at radius 1 is 1.03 bits per heavy atom. The number of piperidine rings is 2. The molecule has 1 unspecified atom stereocenters. The minimum absolute atomic E-state index is 0.126. The van der Waals surface area contributed by atoms with E-state index in [1.165, 1.54) is 6.42 Å². The predicted molar refractivity (Wildman–Crippen MR) is 108 cm³/mol. The Balaban J connectivity index is 1.35. The third kappa shape index (κ3) is 3.15. The molecule has 4 heterocycles. The van der Waals surface area contributed by atoms with Crippen LogP contribution in [-0.2, 0) is 16.1 Å². The van der Waals surface area contributed by atoms with E-state index in [1.54, 1.807) is 12.1 Å². The summed E-state index contributed by atoms with van der Waals surface area (Å²) in [5.74, 6) is -1.81. The van der Waals surface area contributed by atoms with Gasteiger partial charge in [0.25, 0.3) is 11.8 Å². The number of nitrogens with one attached hydrogen (secondary N) is 2. The maximum Gasteiger partial charge on any atom is 0.262 e. The molecule has 1 atom stereocenters. The number of hydrogen-bond donors (Lipinski definition) is 2. The zero-order valence-electron chi connectivity index (χ0n) is 16.9. The van der Waals surface area contributed by atoms with Gasteiger partial charge in [-0.3, -0.25) is 34.3 Å². The van der Waals surface area contributed by atoms with Crippen LogP contribution in [0.3, 0.4) is 0 Å². The summed E-state index contributed by atoms with van der Waals surface area (Å²) in [4.78, 5) is 53.3. The molecule has 2 N–H and O–H groups in total. The van der Waals surface area contributed by atoms with Crippen molar-refractivity contribution in [2.45, 2.75) is 44.7 Å². The van der Waals surface area contributed by atoms with Crippen LogP contribution in [0.2, 0.25) is 0 Å². The van der Waals surface area contributed by atoms with Gasteiger partial charge in [-0.05, 0) is 62.4 Å². The normalized spacial score (nSPS) is 26.4. The summed E-state index contributed by atoms with van der Waals surface area (Å²) in [7, 11) is 0. The van der Waals surface area contributed by atoms with Crippen molar-refractivity contribution in [3.05, 3.63) is 34.9 Å². The van der Waals surface area contributed by atoms with Crippen molar-refractivity contribution in [1.82, 2.24) is 20.4 Å². The number of fused-ring (bicyclic) bond motifs is 1. The zero-order valence-corrected chi connectivity index (χ0v) is 16.9. The van der Waals surface area contributed by atoms with Crippen molar-refractivity contribution in [1.29, 1.82) is 0 Å². The molecule has 30 heavy (non-hydrogen) atoms. The van der Waals surface area contributed by atoms with Gasteiger partial charge in [0.2, 0.25) is 11.8 Å². The SMILES string of the molecule is O=C1CCC(N2C(=O)c3cccc(CN4CCC5(CCNC5)CC4)c3C2=O)C(=O)N1. The number of imide groups is 2. The van der Waals surface area contributed by atoms with Crippen molar-refractivity contribution in [3.63, 3.8) is 0 Å². The second kappa shape index (κ2) is 7.28. The van der Waals surface area contributed by atoms with Gasteiger partial charge in [-0.2, -0.15) is 0 Å². The van der Waals surface area contributed by atoms with E-state index in [2.05, 4.69) is 15.5 Å². The van der Waals surface area contributed by atoms with Gasteiger partial charge in [-0.1, -0.05) is 12.1 Å². The van der Waals surface area contributed by atoms with Crippen LogP contribution in [-0.4, -0.2) is 65.6 Å². The summed E-state index contributed by atoms with van der Waals surface area (Å²) in [5, 5.41) is 5.72. The minimum atomic E-state index is -0.923. The average molecular weight is 410 g/mol. The van der Waals surface area contributed by atoms with Crippen LogP contribution in [0.1, 0.15) is 58.4 Å². The highest BCUT2D eigenvalue weighted by molar-refractivity contribution is 6.24. The Labute approximate surface area is 175 Å². The fraction of sp³-hybridized carbons (Fsp3) is 0.545. The van der Waals surface area contributed by atoms with Crippen molar-refractivity contribution in [2.75, 3.05) is 26.2 Å². The molecule has 8 nitrogen and oxygen atoms in total. The Hall–Kier alpha value is -2.58. The fourth-order valence-electron chi connectivity index (χ4n) is 5.37. The molecule has 1 spiro atoms. The molecular weight excluding hydrogens is 384 g/mol. The molecule has 0 aliphatic carbocycles. The molecule has 0 bridgehead atoms. The number of carbonyl (C=O) groups excluding carboxylic acids is 4. The van der Waals surface area contributed by atoms with E-state index in [1.807, 2.05) is 6.07 Å². The number of hydrogen-bond acceptors (Lipinski definition) is 6. The highest BCUT2D eigenvalue weighted by Crippen LogP contribution is 2.38. The average Bonchev–Trinajstić information content (AvgIpc) is 3.28. The van der Waals surface area contributed by atoms with Crippen LogP contribution in [0.5, 0.6) is 0 Å². The van der Waals surface area contributed by atoms with Gasteiger partial charge >= 0.3 is 0 Å². The number of nitrogens with zero attached hydrogens (tertiary/aromatic N) is 2. The van der Waals surface area contributed by atoms with Crippen LogP contribution in [0.25, 0.3) is 0 Å². The number of amides is 4.